The maximum Gasteiger partial charge on any atom is 0.233 e. The van der Waals surface area contributed by atoms with Crippen molar-refractivity contribution in [3.63, 3.8) is 0 Å². The van der Waals surface area contributed by atoms with Crippen LogP contribution in [0.5, 0.6) is 0 Å². The van der Waals surface area contributed by atoms with Crippen LogP contribution in [-0.2, 0) is 20.8 Å². The Hall–Kier alpha value is -2.43. The Labute approximate surface area is 158 Å². The van der Waals surface area contributed by atoms with Crippen LogP contribution in [0, 0.1) is 35.5 Å². The molecule has 3 amide bonds. The zero-order valence-electron chi connectivity index (χ0n) is 15.4. The van der Waals surface area contributed by atoms with E-state index in [0.717, 1.165) is 24.1 Å². The van der Waals surface area contributed by atoms with Crippen LogP contribution in [0.25, 0.3) is 0 Å². The molecule has 2 bridgehead atoms. The number of nitrogens with zero attached hydrogens (tertiary/aromatic N) is 1. The van der Waals surface area contributed by atoms with Crippen LogP contribution in [0.15, 0.2) is 36.4 Å². The van der Waals surface area contributed by atoms with Gasteiger partial charge in [0.25, 0.3) is 0 Å². The van der Waals surface area contributed by atoms with E-state index in [1.165, 1.54) is 4.90 Å². The molecule has 6 rings (SSSR count). The summed E-state index contributed by atoms with van der Waals surface area (Å²) >= 11 is 0. The van der Waals surface area contributed by atoms with Crippen LogP contribution in [0.2, 0.25) is 0 Å². The Bertz CT molecular complexity index is 825. The van der Waals surface area contributed by atoms with Gasteiger partial charge in [-0.15, -0.1) is 0 Å². The Morgan fingerprint density at radius 2 is 1.70 bits per heavy atom. The van der Waals surface area contributed by atoms with Gasteiger partial charge in [-0.3, -0.25) is 19.3 Å². The van der Waals surface area contributed by atoms with E-state index in [2.05, 4.69) is 17.5 Å². The van der Waals surface area contributed by atoms with Gasteiger partial charge in [0.15, 0.2) is 0 Å². The number of allylic oxidation sites excluding steroid dienone is 2. The van der Waals surface area contributed by atoms with E-state index >= 15 is 0 Å². The van der Waals surface area contributed by atoms with E-state index in [-0.39, 0.29) is 54.4 Å². The summed E-state index contributed by atoms with van der Waals surface area (Å²) in [4.78, 5) is 39.6. The lowest BCUT2D eigenvalue weighted by molar-refractivity contribution is -0.140. The number of nitrogens with one attached hydrogen (secondary N) is 1. The number of rotatable bonds is 5. The average Bonchev–Trinajstić information content (AvgIpc) is 3.46. The third-order valence-corrected chi connectivity index (χ3v) is 6.99. The SMILES string of the molecule is CCc1ccccc1NC(=O)CCN1C(=O)[C@@H]2[C@@H]3C=C[C@H]([C@@H]4C[C@H]34)[C@H]2C1=O. The number of hydrogen-bond donors (Lipinski definition) is 1. The molecule has 4 aliphatic carbocycles. The highest BCUT2D eigenvalue weighted by atomic mass is 16.2. The fourth-order valence-electron chi connectivity index (χ4n) is 5.62. The molecule has 1 aromatic rings. The number of benzene rings is 1. The Morgan fingerprint density at radius 3 is 2.33 bits per heavy atom. The number of likely N-dealkylation sites (tertiary alicyclic amines) is 1. The van der Waals surface area contributed by atoms with Crippen molar-refractivity contribution >= 4 is 23.4 Å². The summed E-state index contributed by atoms with van der Waals surface area (Å²) in [6.07, 6.45) is 6.48. The maximum atomic E-state index is 12.9. The van der Waals surface area contributed by atoms with Gasteiger partial charge in [-0.1, -0.05) is 37.3 Å². The molecule has 0 aromatic heterocycles. The molecule has 0 radical (unpaired) electrons. The van der Waals surface area contributed by atoms with Gasteiger partial charge in [0, 0.05) is 18.7 Å². The van der Waals surface area contributed by atoms with E-state index in [0.29, 0.717) is 11.8 Å². The molecule has 5 heteroatoms. The van der Waals surface area contributed by atoms with Crippen LogP contribution in [0.1, 0.15) is 25.3 Å². The minimum atomic E-state index is -0.180. The summed E-state index contributed by atoms with van der Waals surface area (Å²) in [5.74, 6) is 1.04. The summed E-state index contributed by atoms with van der Waals surface area (Å²) in [7, 11) is 0. The van der Waals surface area contributed by atoms with E-state index in [1.54, 1.807) is 0 Å². The molecule has 5 nitrogen and oxygen atoms in total. The summed E-state index contributed by atoms with van der Waals surface area (Å²) in [5.41, 5.74) is 1.88. The standard InChI is InChI=1S/C22H24N2O3/c1-2-12-5-3-4-6-17(12)23-18(25)9-10-24-21(26)19-13-7-8-14(16-11-15(13)16)20(19)22(24)27/h3-8,13-16,19-20H,2,9-11H2,1H3,(H,23,25)/t13-,14-,15-,16+,19-,20-/m1/s1. The highest BCUT2D eigenvalue weighted by molar-refractivity contribution is 6.06. The van der Waals surface area contributed by atoms with Crippen LogP contribution in [-0.4, -0.2) is 29.2 Å². The van der Waals surface area contributed by atoms with Crippen molar-refractivity contribution in [1.82, 2.24) is 4.90 Å². The number of amides is 3. The third kappa shape index (κ3) is 2.47. The first-order valence-electron chi connectivity index (χ1n) is 10.0. The number of aryl methyl sites for hydroxylation is 1. The molecule has 27 heavy (non-hydrogen) atoms. The lowest BCUT2D eigenvalue weighted by Gasteiger charge is -2.37. The van der Waals surface area contributed by atoms with Crippen LogP contribution >= 0.6 is 0 Å². The molecule has 0 spiro atoms. The molecule has 3 fully saturated rings. The zero-order chi connectivity index (χ0) is 18.7. The molecular weight excluding hydrogens is 340 g/mol. The smallest absolute Gasteiger partial charge is 0.233 e. The van der Waals surface area contributed by atoms with Gasteiger partial charge in [-0.2, -0.15) is 0 Å². The minimum absolute atomic E-state index is 0.0588. The van der Waals surface area contributed by atoms with E-state index in [9.17, 15) is 14.4 Å². The monoisotopic (exact) mass is 364 g/mol. The second-order valence-electron chi connectivity index (χ2n) is 8.29. The number of carbonyl (C=O) groups is 3. The Kier molecular flexibility index (Phi) is 3.74. The lowest BCUT2D eigenvalue weighted by atomic mass is 9.63. The molecular formula is C22H24N2O3. The molecule has 2 saturated carbocycles. The first-order valence-corrected chi connectivity index (χ1v) is 10.0. The lowest BCUT2D eigenvalue weighted by Crippen LogP contribution is -2.40. The number of para-hydroxylation sites is 1. The first-order chi connectivity index (χ1) is 13.1. The molecule has 1 N–H and O–H groups in total. The second kappa shape index (κ2) is 6.04. The summed E-state index contributed by atoms with van der Waals surface area (Å²) < 4.78 is 0. The number of anilines is 1. The van der Waals surface area contributed by atoms with E-state index in [4.69, 9.17) is 0 Å². The van der Waals surface area contributed by atoms with Crippen molar-refractivity contribution in [3.05, 3.63) is 42.0 Å². The minimum Gasteiger partial charge on any atom is -0.326 e. The molecule has 1 saturated heterocycles. The van der Waals surface area contributed by atoms with Crippen molar-refractivity contribution in [2.24, 2.45) is 35.5 Å². The Morgan fingerprint density at radius 1 is 1.07 bits per heavy atom. The van der Waals surface area contributed by atoms with Crippen LogP contribution in [0.4, 0.5) is 5.69 Å². The first kappa shape index (κ1) is 16.7. The number of hydrogen-bond acceptors (Lipinski definition) is 3. The third-order valence-electron chi connectivity index (χ3n) is 6.99. The maximum absolute atomic E-state index is 12.9. The molecule has 1 aliphatic heterocycles. The fourth-order valence-corrected chi connectivity index (χ4v) is 5.62. The normalized spacial score (nSPS) is 35.2. The van der Waals surface area contributed by atoms with Gasteiger partial charge in [0.05, 0.1) is 11.8 Å². The topological polar surface area (TPSA) is 66.5 Å². The fraction of sp³-hybridized carbons (Fsp3) is 0.500. The van der Waals surface area contributed by atoms with Crippen LogP contribution < -0.4 is 5.32 Å². The van der Waals surface area contributed by atoms with Gasteiger partial charge < -0.3 is 5.32 Å². The molecule has 1 heterocycles. The number of carbonyl (C=O) groups excluding carboxylic acids is 3. The number of imide groups is 1. The van der Waals surface area contributed by atoms with Crippen molar-refractivity contribution in [2.45, 2.75) is 26.2 Å². The summed E-state index contributed by atoms with van der Waals surface area (Å²) in [5, 5.41) is 2.92. The highest BCUT2D eigenvalue weighted by Crippen LogP contribution is 2.65. The van der Waals surface area contributed by atoms with Gasteiger partial charge >= 0.3 is 0 Å². The van der Waals surface area contributed by atoms with Gasteiger partial charge in [-0.05, 0) is 48.1 Å². The van der Waals surface area contributed by atoms with Crippen molar-refractivity contribution in [3.8, 4) is 0 Å². The molecule has 1 aromatic carbocycles. The highest BCUT2D eigenvalue weighted by Gasteiger charge is 2.66. The van der Waals surface area contributed by atoms with E-state index < -0.39 is 0 Å². The van der Waals surface area contributed by atoms with Crippen molar-refractivity contribution in [1.29, 1.82) is 0 Å². The van der Waals surface area contributed by atoms with Gasteiger partial charge in [-0.25, -0.2) is 0 Å². The van der Waals surface area contributed by atoms with Crippen molar-refractivity contribution < 1.29 is 14.4 Å². The van der Waals surface area contributed by atoms with Crippen molar-refractivity contribution in [2.75, 3.05) is 11.9 Å². The van der Waals surface area contributed by atoms with Gasteiger partial charge in [0.1, 0.15) is 0 Å². The zero-order valence-corrected chi connectivity index (χ0v) is 15.4. The quantitative estimate of drug-likeness (QED) is 0.645. The molecule has 140 valence electrons. The Balaban J connectivity index is 1.25. The predicted molar refractivity (Wildman–Crippen MR) is 100 cm³/mol. The van der Waals surface area contributed by atoms with Gasteiger partial charge in [0.2, 0.25) is 17.7 Å². The molecule has 6 atom stereocenters. The predicted octanol–water partition coefficient (Wildman–Crippen LogP) is 2.63. The molecule has 5 aliphatic rings. The molecule has 0 unspecified atom stereocenters. The summed E-state index contributed by atoms with van der Waals surface area (Å²) in [6.45, 7) is 2.22. The van der Waals surface area contributed by atoms with Crippen LogP contribution in [0.3, 0.4) is 0 Å². The second-order valence-corrected chi connectivity index (χ2v) is 8.29. The summed E-state index contributed by atoms with van der Waals surface area (Å²) in [6, 6.07) is 7.71. The largest absolute Gasteiger partial charge is 0.326 e. The average molecular weight is 364 g/mol. The van der Waals surface area contributed by atoms with E-state index in [1.807, 2.05) is 31.2 Å².